The lowest BCUT2D eigenvalue weighted by Crippen LogP contribution is -2.09. The summed E-state index contributed by atoms with van der Waals surface area (Å²) in [5.41, 5.74) is 2.06. The molecule has 2 aromatic heterocycles. The largest absolute Gasteiger partial charge is 0.306 e. The minimum Gasteiger partial charge on any atom is -0.306 e. The number of thiophene rings is 1. The Kier molecular flexibility index (Phi) is 2.69. The molecule has 3 aromatic rings. The second kappa shape index (κ2) is 4.43. The van der Waals surface area contributed by atoms with E-state index in [0.29, 0.717) is 10.8 Å². The van der Waals surface area contributed by atoms with Crippen LogP contribution in [0.3, 0.4) is 0 Å². The SMILES string of the molecule is O=c1[nH]c(-c2ccc(Cl)cc2)nc2sc3c(c12)CCC3. The van der Waals surface area contributed by atoms with Crippen molar-refractivity contribution in [1.82, 2.24) is 9.97 Å². The number of nitrogens with zero attached hydrogens (tertiary/aromatic N) is 1. The van der Waals surface area contributed by atoms with Crippen LogP contribution in [0.2, 0.25) is 5.02 Å². The maximum atomic E-state index is 12.3. The molecule has 0 radical (unpaired) electrons. The summed E-state index contributed by atoms with van der Waals surface area (Å²) in [4.78, 5) is 22.0. The number of fused-ring (bicyclic) bond motifs is 3. The summed E-state index contributed by atoms with van der Waals surface area (Å²) in [6, 6.07) is 7.34. The van der Waals surface area contributed by atoms with Gasteiger partial charge in [0.25, 0.3) is 5.56 Å². The van der Waals surface area contributed by atoms with Gasteiger partial charge in [-0.1, -0.05) is 11.6 Å². The molecule has 0 amide bonds. The molecule has 0 unspecified atom stereocenters. The standard InChI is InChI=1S/C15H11ClN2OS/c16-9-6-4-8(5-7-9)13-17-14(19)12-10-2-1-3-11(10)20-15(12)18-13/h4-7H,1-3H2,(H,17,18,19). The van der Waals surface area contributed by atoms with E-state index in [9.17, 15) is 4.79 Å². The molecule has 0 aliphatic heterocycles. The lowest BCUT2D eigenvalue weighted by molar-refractivity contribution is 0.916. The Morgan fingerprint density at radius 1 is 1.20 bits per heavy atom. The van der Waals surface area contributed by atoms with E-state index in [2.05, 4.69) is 9.97 Å². The predicted octanol–water partition coefficient (Wildman–Crippen LogP) is 3.79. The molecular formula is C15H11ClN2OS. The summed E-state index contributed by atoms with van der Waals surface area (Å²) >= 11 is 7.54. The first-order valence-electron chi connectivity index (χ1n) is 6.53. The van der Waals surface area contributed by atoms with Gasteiger partial charge in [0.15, 0.2) is 0 Å². The fraction of sp³-hybridized carbons (Fsp3) is 0.200. The van der Waals surface area contributed by atoms with Crippen molar-refractivity contribution < 1.29 is 0 Å². The van der Waals surface area contributed by atoms with Gasteiger partial charge in [0.1, 0.15) is 10.7 Å². The molecule has 0 saturated heterocycles. The number of halogens is 1. The summed E-state index contributed by atoms with van der Waals surface area (Å²) in [5.74, 6) is 0.610. The summed E-state index contributed by atoms with van der Waals surface area (Å²) in [6.45, 7) is 0. The maximum absolute atomic E-state index is 12.3. The van der Waals surface area contributed by atoms with Gasteiger partial charge in [-0.05, 0) is 49.1 Å². The molecule has 3 nitrogen and oxygen atoms in total. The molecule has 5 heteroatoms. The van der Waals surface area contributed by atoms with Crippen LogP contribution in [0, 0.1) is 0 Å². The lowest BCUT2D eigenvalue weighted by atomic mass is 10.2. The molecule has 1 N–H and O–H groups in total. The number of aryl methyl sites for hydroxylation is 2. The molecule has 1 aliphatic carbocycles. The number of rotatable bonds is 1. The molecule has 1 aliphatic rings. The zero-order valence-corrected chi connectivity index (χ0v) is 12.1. The van der Waals surface area contributed by atoms with Gasteiger partial charge in [-0.25, -0.2) is 4.98 Å². The number of nitrogens with one attached hydrogen (secondary N) is 1. The molecule has 100 valence electrons. The fourth-order valence-electron chi connectivity index (χ4n) is 2.75. The summed E-state index contributed by atoms with van der Waals surface area (Å²) < 4.78 is 0. The molecule has 2 heterocycles. The Hall–Kier alpha value is -1.65. The van der Waals surface area contributed by atoms with E-state index in [4.69, 9.17) is 11.6 Å². The zero-order chi connectivity index (χ0) is 13.7. The number of aromatic amines is 1. The van der Waals surface area contributed by atoms with Gasteiger partial charge in [-0.2, -0.15) is 0 Å². The Morgan fingerprint density at radius 3 is 2.80 bits per heavy atom. The third-order valence-electron chi connectivity index (χ3n) is 3.69. The predicted molar refractivity (Wildman–Crippen MR) is 82.7 cm³/mol. The highest BCUT2D eigenvalue weighted by Crippen LogP contribution is 2.35. The molecule has 0 fully saturated rings. The van der Waals surface area contributed by atoms with Crippen LogP contribution in [0.25, 0.3) is 21.6 Å². The summed E-state index contributed by atoms with van der Waals surface area (Å²) in [5, 5.41) is 1.47. The van der Waals surface area contributed by atoms with Gasteiger partial charge < -0.3 is 4.98 Å². The highest BCUT2D eigenvalue weighted by molar-refractivity contribution is 7.18. The molecular weight excluding hydrogens is 292 g/mol. The normalized spacial score (nSPS) is 13.8. The average molecular weight is 303 g/mol. The Bertz CT molecular complexity index is 864. The van der Waals surface area contributed by atoms with Crippen LogP contribution in [-0.2, 0) is 12.8 Å². The molecule has 0 saturated carbocycles. The number of aromatic nitrogens is 2. The number of H-pyrrole nitrogens is 1. The average Bonchev–Trinajstić information content (AvgIpc) is 2.99. The third kappa shape index (κ3) is 1.79. The van der Waals surface area contributed by atoms with Gasteiger partial charge in [-0.3, -0.25) is 4.79 Å². The van der Waals surface area contributed by atoms with E-state index >= 15 is 0 Å². The molecule has 20 heavy (non-hydrogen) atoms. The second-order valence-corrected chi connectivity index (χ2v) is 6.48. The number of hydrogen-bond acceptors (Lipinski definition) is 3. The molecule has 1 aromatic carbocycles. The van der Waals surface area contributed by atoms with E-state index in [1.54, 1.807) is 23.5 Å². The van der Waals surface area contributed by atoms with Crippen LogP contribution >= 0.6 is 22.9 Å². The quantitative estimate of drug-likeness (QED) is 0.743. The fourth-order valence-corrected chi connectivity index (χ4v) is 4.13. The first kappa shape index (κ1) is 12.1. The Labute approximate surface area is 124 Å². The van der Waals surface area contributed by atoms with Crippen LogP contribution in [-0.4, -0.2) is 9.97 Å². The van der Waals surface area contributed by atoms with E-state index in [1.165, 1.54) is 10.4 Å². The maximum Gasteiger partial charge on any atom is 0.260 e. The molecule has 0 atom stereocenters. The topological polar surface area (TPSA) is 45.8 Å². The van der Waals surface area contributed by atoms with Gasteiger partial charge in [0.05, 0.1) is 5.39 Å². The van der Waals surface area contributed by atoms with Crippen molar-refractivity contribution in [2.75, 3.05) is 0 Å². The van der Waals surface area contributed by atoms with Crippen LogP contribution < -0.4 is 5.56 Å². The monoisotopic (exact) mass is 302 g/mol. The van der Waals surface area contributed by atoms with E-state index in [0.717, 1.165) is 35.0 Å². The van der Waals surface area contributed by atoms with Crippen LogP contribution in [0.4, 0.5) is 0 Å². The number of benzene rings is 1. The third-order valence-corrected chi connectivity index (χ3v) is 5.13. The van der Waals surface area contributed by atoms with Gasteiger partial charge in [0.2, 0.25) is 0 Å². The zero-order valence-electron chi connectivity index (χ0n) is 10.6. The molecule has 0 bridgehead atoms. The van der Waals surface area contributed by atoms with E-state index < -0.39 is 0 Å². The first-order valence-corrected chi connectivity index (χ1v) is 7.72. The van der Waals surface area contributed by atoms with Gasteiger partial charge in [0, 0.05) is 15.5 Å². The van der Waals surface area contributed by atoms with Crippen LogP contribution in [0.5, 0.6) is 0 Å². The minimum atomic E-state index is -0.0284. The number of hydrogen-bond donors (Lipinski definition) is 1. The van der Waals surface area contributed by atoms with E-state index in [-0.39, 0.29) is 5.56 Å². The van der Waals surface area contributed by atoms with Crippen molar-refractivity contribution in [2.45, 2.75) is 19.3 Å². The van der Waals surface area contributed by atoms with Gasteiger partial charge in [-0.15, -0.1) is 11.3 Å². The van der Waals surface area contributed by atoms with Crippen molar-refractivity contribution in [3.63, 3.8) is 0 Å². The Balaban J connectivity index is 1.95. The van der Waals surface area contributed by atoms with Crippen molar-refractivity contribution in [2.24, 2.45) is 0 Å². The van der Waals surface area contributed by atoms with E-state index in [1.807, 2.05) is 12.1 Å². The van der Waals surface area contributed by atoms with Crippen molar-refractivity contribution in [3.05, 3.63) is 50.1 Å². The highest BCUT2D eigenvalue weighted by Gasteiger charge is 2.21. The summed E-state index contributed by atoms with van der Waals surface area (Å²) in [7, 11) is 0. The van der Waals surface area contributed by atoms with Crippen LogP contribution in [0.1, 0.15) is 16.9 Å². The van der Waals surface area contributed by atoms with Crippen molar-refractivity contribution in [1.29, 1.82) is 0 Å². The lowest BCUT2D eigenvalue weighted by Gasteiger charge is -2.01. The van der Waals surface area contributed by atoms with Crippen molar-refractivity contribution >= 4 is 33.2 Å². The van der Waals surface area contributed by atoms with Crippen LogP contribution in [0.15, 0.2) is 29.1 Å². The highest BCUT2D eigenvalue weighted by atomic mass is 35.5. The smallest absolute Gasteiger partial charge is 0.260 e. The minimum absolute atomic E-state index is 0.0284. The second-order valence-electron chi connectivity index (χ2n) is 4.96. The van der Waals surface area contributed by atoms with Crippen molar-refractivity contribution in [3.8, 4) is 11.4 Å². The Morgan fingerprint density at radius 2 is 2.00 bits per heavy atom. The summed E-state index contributed by atoms with van der Waals surface area (Å²) in [6.07, 6.45) is 3.22. The molecule has 0 spiro atoms. The first-order chi connectivity index (χ1) is 9.72. The van der Waals surface area contributed by atoms with Gasteiger partial charge >= 0.3 is 0 Å². The molecule has 4 rings (SSSR count).